The molecule has 0 aromatic carbocycles. The summed E-state index contributed by atoms with van der Waals surface area (Å²) in [7, 11) is 3.54. The van der Waals surface area contributed by atoms with Gasteiger partial charge in [-0.15, -0.1) is 0 Å². The third-order valence-electron chi connectivity index (χ3n) is 1.64. The molecule has 0 bridgehead atoms. The van der Waals surface area contributed by atoms with E-state index in [-0.39, 0.29) is 4.75 Å². The van der Waals surface area contributed by atoms with Crippen LogP contribution in [0.25, 0.3) is 0 Å². The Morgan fingerprint density at radius 2 is 1.93 bits per heavy atom. The minimum atomic E-state index is 0.258. The summed E-state index contributed by atoms with van der Waals surface area (Å²) in [5, 5.41) is 0.881. The van der Waals surface area contributed by atoms with Gasteiger partial charge in [-0.25, -0.2) is 4.98 Å². The molecule has 0 fully saturated rings. The molecule has 0 amide bonds. The van der Waals surface area contributed by atoms with Gasteiger partial charge in [0.05, 0.1) is 0 Å². The summed E-state index contributed by atoms with van der Waals surface area (Å²) in [5.74, 6) is 0. The zero-order valence-corrected chi connectivity index (χ0v) is 12.4. The highest BCUT2D eigenvalue weighted by molar-refractivity contribution is 8.77. The van der Waals surface area contributed by atoms with E-state index >= 15 is 0 Å². The van der Waals surface area contributed by atoms with E-state index in [0.717, 1.165) is 5.16 Å². The summed E-state index contributed by atoms with van der Waals surface area (Å²) >= 11 is 1.41. The summed E-state index contributed by atoms with van der Waals surface area (Å²) in [6, 6.07) is 0. The Balaban J connectivity index is 2.43. The Morgan fingerprint density at radius 1 is 1.27 bits per heavy atom. The van der Waals surface area contributed by atoms with Crippen molar-refractivity contribution in [2.75, 3.05) is 0 Å². The highest BCUT2D eigenvalue weighted by Gasteiger charge is 2.26. The van der Waals surface area contributed by atoms with E-state index in [2.05, 4.69) is 44.0 Å². The molecule has 0 aliphatic rings. The Kier molecular flexibility index (Phi) is 4.50. The van der Waals surface area contributed by atoms with Crippen LogP contribution in [0.1, 0.15) is 41.0 Å². The molecule has 1 aromatic heterocycles. The lowest BCUT2D eigenvalue weighted by Gasteiger charge is -2.30. The zero-order valence-electron chi connectivity index (χ0n) is 9.90. The maximum absolute atomic E-state index is 4.19. The van der Waals surface area contributed by atoms with E-state index in [9.17, 15) is 0 Å². The Labute approximate surface area is 104 Å². The van der Waals surface area contributed by atoms with Crippen molar-refractivity contribution in [3.8, 4) is 0 Å². The fourth-order valence-corrected chi connectivity index (χ4v) is 4.67. The number of rotatable bonds is 4. The van der Waals surface area contributed by atoms with Crippen LogP contribution in [-0.4, -0.2) is 14.1 Å². The summed E-state index contributed by atoms with van der Waals surface area (Å²) in [5.41, 5.74) is 2.15. The smallest absolute Gasteiger partial charge is 0.210 e. The van der Waals surface area contributed by atoms with Gasteiger partial charge in [-0.2, -0.15) is 4.37 Å². The van der Waals surface area contributed by atoms with Crippen molar-refractivity contribution in [2.24, 2.45) is 5.41 Å². The first-order chi connectivity index (χ1) is 6.79. The summed E-state index contributed by atoms with van der Waals surface area (Å²) in [6.07, 6.45) is 1.18. The molecule has 86 valence electrons. The molecule has 0 aliphatic carbocycles. The SMILES string of the molecule is CC(C)(C)CC(C)(C)SSc1ncsn1. The fourth-order valence-electron chi connectivity index (χ4n) is 1.65. The largest absolute Gasteiger partial charge is 0.217 e. The molecule has 0 saturated carbocycles. The second kappa shape index (κ2) is 5.06. The average molecular weight is 262 g/mol. The van der Waals surface area contributed by atoms with Crippen molar-refractivity contribution < 1.29 is 0 Å². The molecular weight excluding hydrogens is 244 g/mol. The molecule has 1 rings (SSSR count). The number of aromatic nitrogens is 2. The van der Waals surface area contributed by atoms with Gasteiger partial charge in [0.25, 0.3) is 0 Å². The zero-order chi connectivity index (χ0) is 11.5. The monoisotopic (exact) mass is 262 g/mol. The van der Waals surface area contributed by atoms with Gasteiger partial charge in [-0.05, 0) is 48.0 Å². The fraction of sp³-hybridized carbons (Fsp3) is 0.800. The normalized spacial score (nSPS) is 13.1. The maximum atomic E-state index is 4.19. The standard InChI is InChI=1S/C10H18N2S3/c1-9(2,3)6-10(4,5)15-14-8-11-7-13-12-8/h7H,6H2,1-5H3. The molecule has 0 radical (unpaired) electrons. The lowest BCUT2D eigenvalue weighted by atomic mass is 9.86. The van der Waals surface area contributed by atoms with Crippen molar-refractivity contribution >= 4 is 33.1 Å². The topological polar surface area (TPSA) is 25.8 Å². The molecule has 1 aromatic rings. The first kappa shape index (κ1) is 13.3. The van der Waals surface area contributed by atoms with Crippen LogP contribution < -0.4 is 0 Å². The van der Waals surface area contributed by atoms with Crippen molar-refractivity contribution in [1.82, 2.24) is 9.36 Å². The molecule has 0 atom stereocenters. The second-order valence-corrected chi connectivity index (χ2v) is 8.79. The molecule has 0 spiro atoms. The van der Waals surface area contributed by atoms with Crippen LogP contribution in [0.15, 0.2) is 10.7 Å². The molecule has 0 N–H and O–H groups in total. The Morgan fingerprint density at radius 3 is 2.40 bits per heavy atom. The number of hydrogen-bond acceptors (Lipinski definition) is 5. The molecule has 0 saturated heterocycles. The van der Waals surface area contributed by atoms with Crippen molar-refractivity contribution in [1.29, 1.82) is 0 Å². The first-order valence-corrected chi connectivity index (χ1v) is 7.89. The average Bonchev–Trinajstić information content (AvgIpc) is 2.47. The molecule has 1 heterocycles. The molecule has 5 heteroatoms. The molecule has 0 aliphatic heterocycles. The number of nitrogens with zero attached hydrogens (tertiary/aromatic N) is 2. The third-order valence-corrected chi connectivity index (χ3v) is 5.31. The van der Waals surface area contributed by atoms with Gasteiger partial charge in [0.1, 0.15) is 5.51 Å². The number of hydrogen-bond donors (Lipinski definition) is 0. The van der Waals surface area contributed by atoms with Gasteiger partial charge < -0.3 is 0 Å². The van der Waals surface area contributed by atoms with Gasteiger partial charge in [0.15, 0.2) is 0 Å². The highest BCUT2D eigenvalue weighted by Crippen LogP contribution is 2.45. The predicted octanol–water partition coefficient (Wildman–Crippen LogP) is 4.49. The van der Waals surface area contributed by atoms with E-state index in [1.807, 2.05) is 10.8 Å². The van der Waals surface area contributed by atoms with Crippen LogP contribution in [-0.2, 0) is 0 Å². The van der Waals surface area contributed by atoms with Gasteiger partial charge in [0.2, 0.25) is 5.16 Å². The van der Waals surface area contributed by atoms with Gasteiger partial charge in [0, 0.05) is 4.75 Å². The van der Waals surface area contributed by atoms with E-state index < -0.39 is 0 Å². The van der Waals surface area contributed by atoms with Crippen LogP contribution in [0.4, 0.5) is 0 Å². The predicted molar refractivity (Wildman–Crippen MR) is 71.5 cm³/mol. The molecule has 15 heavy (non-hydrogen) atoms. The van der Waals surface area contributed by atoms with Crippen LogP contribution in [0.3, 0.4) is 0 Å². The Bertz CT molecular complexity index is 288. The summed E-state index contributed by atoms with van der Waals surface area (Å²) in [4.78, 5) is 4.17. The van der Waals surface area contributed by atoms with Crippen molar-refractivity contribution in [3.63, 3.8) is 0 Å². The summed E-state index contributed by atoms with van der Waals surface area (Å²) in [6.45, 7) is 11.4. The highest BCUT2D eigenvalue weighted by atomic mass is 33.1. The molecule has 2 nitrogen and oxygen atoms in total. The lowest BCUT2D eigenvalue weighted by Crippen LogP contribution is -2.22. The van der Waals surface area contributed by atoms with Crippen LogP contribution in [0.5, 0.6) is 0 Å². The summed E-state index contributed by atoms with van der Waals surface area (Å²) < 4.78 is 4.45. The van der Waals surface area contributed by atoms with E-state index in [4.69, 9.17) is 0 Å². The quantitative estimate of drug-likeness (QED) is 0.747. The first-order valence-electron chi connectivity index (χ1n) is 4.91. The molecular formula is C10H18N2S3. The molecule has 0 unspecified atom stereocenters. The van der Waals surface area contributed by atoms with E-state index in [1.165, 1.54) is 18.0 Å². The lowest BCUT2D eigenvalue weighted by molar-refractivity contribution is 0.340. The minimum absolute atomic E-state index is 0.258. The second-order valence-electron chi connectivity index (χ2n) is 5.38. The van der Waals surface area contributed by atoms with Crippen molar-refractivity contribution in [3.05, 3.63) is 5.51 Å². The van der Waals surface area contributed by atoms with E-state index in [1.54, 1.807) is 16.3 Å². The van der Waals surface area contributed by atoms with Gasteiger partial charge in [-0.3, -0.25) is 0 Å². The van der Waals surface area contributed by atoms with Crippen LogP contribution in [0, 0.1) is 5.41 Å². The third kappa shape index (κ3) is 5.78. The van der Waals surface area contributed by atoms with Crippen LogP contribution >= 0.6 is 33.1 Å². The van der Waals surface area contributed by atoms with Gasteiger partial charge in [-0.1, -0.05) is 31.6 Å². The minimum Gasteiger partial charge on any atom is -0.217 e. The Hall–Kier alpha value is 0.260. The van der Waals surface area contributed by atoms with Crippen LogP contribution in [0.2, 0.25) is 0 Å². The van der Waals surface area contributed by atoms with Gasteiger partial charge >= 0.3 is 0 Å². The van der Waals surface area contributed by atoms with Crippen molar-refractivity contribution in [2.45, 2.75) is 50.9 Å². The van der Waals surface area contributed by atoms with E-state index in [0.29, 0.717) is 5.41 Å². The maximum Gasteiger partial charge on any atom is 0.210 e.